The standard InChI is InChI=1S/C14H20N2O/c1-10-5-3-4-8-16(10)12-6-7-13(11(2)17)14(15)9-12/h6-7,9-10H,3-5,8,15H2,1-2H3. The summed E-state index contributed by atoms with van der Waals surface area (Å²) >= 11 is 0. The fourth-order valence-electron chi connectivity index (χ4n) is 2.53. The van der Waals surface area contributed by atoms with Crippen LogP contribution in [0.5, 0.6) is 0 Å². The number of nitrogens with two attached hydrogens (primary N) is 1. The van der Waals surface area contributed by atoms with Gasteiger partial charge in [0.05, 0.1) is 0 Å². The van der Waals surface area contributed by atoms with Crippen molar-refractivity contribution in [1.29, 1.82) is 0 Å². The van der Waals surface area contributed by atoms with E-state index in [0.717, 1.165) is 12.2 Å². The molecule has 0 amide bonds. The summed E-state index contributed by atoms with van der Waals surface area (Å²) in [6, 6.07) is 6.34. The number of rotatable bonds is 2. The molecule has 1 aliphatic rings. The maximum Gasteiger partial charge on any atom is 0.161 e. The molecule has 1 aliphatic heterocycles. The second-order valence-corrected chi connectivity index (χ2v) is 4.87. The zero-order valence-corrected chi connectivity index (χ0v) is 10.6. The molecule has 0 radical (unpaired) electrons. The molecule has 1 aromatic rings. The Morgan fingerprint density at radius 3 is 2.76 bits per heavy atom. The van der Waals surface area contributed by atoms with Gasteiger partial charge in [-0.05, 0) is 51.3 Å². The van der Waals surface area contributed by atoms with Crippen molar-refractivity contribution in [3.8, 4) is 0 Å². The lowest BCUT2D eigenvalue weighted by Crippen LogP contribution is -2.37. The molecule has 1 aromatic carbocycles. The van der Waals surface area contributed by atoms with Gasteiger partial charge >= 0.3 is 0 Å². The first-order valence-corrected chi connectivity index (χ1v) is 6.26. The Labute approximate surface area is 103 Å². The van der Waals surface area contributed by atoms with Gasteiger partial charge in [-0.15, -0.1) is 0 Å². The molecule has 1 saturated heterocycles. The van der Waals surface area contributed by atoms with E-state index in [4.69, 9.17) is 5.73 Å². The van der Waals surface area contributed by atoms with Crippen molar-refractivity contribution in [3.63, 3.8) is 0 Å². The van der Waals surface area contributed by atoms with Crippen LogP contribution in [0.2, 0.25) is 0 Å². The highest BCUT2D eigenvalue weighted by molar-refractivity contribution is 5.99. The third-order valence-corrected chi connectivity index (χ3v) is 3.55. The number of ketones is 1. The molecule has 92 valence electrons. The van der Waals surface area contributed by atoms with Gasteiger partial charge in [0.25, 0.3) is 0 Å². The minimum atomic E-state index is 0.0285. The number of nitrogen functional groups attached to an aromatic ring is 1. The first kappa shape index (κ1) is 12.0. The Hall–Kier alpha value is -1.51. The van der Waals surface area contributed by atoms with Crippen LogP contribution in [0.4, 0.5) is 11.4 Å². The molecule has 1 atom stereocenters. The summed E-state index contributed by atoms with van der Waals surface area (Å²) in [5, 5.41) is 0. The van der Waals surface area contributed by atoms with E-state index in [9.17, 15) is 4.79 Å². The van der Waals surface area contributed by atoms with Gasteiger partial charge in [-0.25, -0.2) is 0 Å². The Kier molecular flexibility index (Phi) is 3.36. The second kappa shape index (κ2) is 4.78. The highest BCUT2D eigenvalue weighted by atomic mass is 16.1. The summed E-state index contributed by atoms with van der Waals surface area (Å²) in [5.74, 6) is 0.0285. The van der Waals surface area contributed by atoms with Crippen molar-refractivity contribution >= 4 is 17.2 Å². The minimum absolute atomic E-state index is 0.0285. The molecule has 1 heterocycles. The zero-order chi connectivity index (χ0) is 12.4. The van der Waals surface area contributed by atoms with Crippen molar-refractivity contribution in [2.24, 2.45) is 0 Å². The number of hydrogen-bond donors (Lipinski definition) is 1. The number of carbonyl (C=O) groups excluding carboxylic acids is 1. The van der Waals surface area contributed by atoms with Gasteiger partial charge in [-0.2, -0.15) is 0 Å². The number of benzene rings is 1. The van der Waals surface area contributed by atoms with Crippen LogP contribution < -0.4 is 10.6 Å². The quantitative estimate of drug-likeness (QED) is 0.630. The molecule has 0 saturated carbocycles. The molecule has 3 heteroatoms. The Balaban J connectivity index is 2.27. The van der Waals surface area contributed by atoms with Crippen LogP contribution in [0.3, 0.4) is 0 Å². The fourth-order valence-corrected chi connectivity index (χ4v) is 2.53. The molecular formula is C14H20N2O. The SMILES string of the molecule is CC(=O)c1ccc(N2CCCCC2C)cc1N. The van der Waals surface area contributed by atoms with Crippen molar-refractivity contribution < 1.29 is 4.79 Å². The lowest BCUT2D eigenvalue weighted by molar-refractivity contribution is 0.101. The summed E-state index contributed by atoms with van der Waals surface area (Å²) in [7, 11) is 0. The lowest BCUT2D eigenvalue weighted by Gasteiger charge is -2.35. The summed E-state index contributed by atoms with van der Waals surface area (Å²) < 4.78 is 0. The predicted octanol–water partition coefficient (Wildman–Crippen LogP) is 2.85. The van der Waals surface area contributed by atoms with E-state index < -0.39 is 0 Å². The van der Waals surface area contributed by atoms with E-state index in [1.165, 1.54) is 19.3 Å². The molecule has 1 fully saturated rings. The van der Waals surface area contributed by atoms with Gasteiger partial charge in [0.2, 0.25) is 0 Å². The highest BCUT2D eigenvalue weighted by Gasteiger charge is 2.19. The van der Waals surface area contributed by atoms with Crippen molar-refractivity contribution in [2.75, 3.05) is 17.2 Å². The van der Waals surface area contributed by atoms with Crippen LogP contribution in [0.1, 0.15) is 43.5 Å². The number of hydrogen-bond acceptors (Lipinski definition) is 3. The number of Topliss-reactive ketones (excluding diaryl/α,β-unsaturated/α-hetero) is 1. The molecule has 0 aromatic heterocycles. The van der Waals surface area contributed by atoms with Crippen LogP contribution in [0.15, 0.2) is 18.2 Å². The molecule has 0 bridgehead atoms. The average molecular weight is 232 g/mol. The molecule has 1 unspecified atom stereocenters. The zero-order valence-electron chi connectivity index (χ0n) is 10.6. The third-order valence-electron chi connectivity index (χ3n) is 3.55. The van der Waals surface area contributed by atoms with Gasteiger partial charge in [-0.1, -0.05) is 0 Å². The maximum atomic E-state index is 11.3. The first-order chi connectivity index (χ1) is 8.09. The molecule has 2 rings (SSSR count). The smallest absolute Gasteiger partial charge is 0.161 e. The van der Waals surface area contributed by atoms with Crippen LogP contribution in [0, 0.1) is 0 Å². The summed E-state index contributed by atoms with van der Waals surface area (Å²) in [4.78, 5) is 13.7. The highest BCUT2D eigenvalue weighted by Crippen LogP contribution is 2.27. The van der Waals surface area contributed by atoms with Gasteiger partial charge in [0.15, 0.2) is 5.78 Å². The van der Waals surface area contributed by atoms with E-state index in [1.54, 1.807) is 6.92 Å². The lowest BCUT2D eigenvalue weighted by atomic mass is 10.0. The Morgan fingerprint density at radius 2 is 2.18 bits per heavy atom. The van der Waals surface area contributed by atoms with Crippen molar-refractivity contribution in [3.05, 3.63) is 23.8 Å². The van der Waals surface area contributed by atoms with Gasteiger partial charge in [0, 0.05) is 29.5 Å². The van der Waals surface area contributed by atoms with Crippen LogP contribution in [0.25, 0.3) is 0 Å². The Morgan fingerprint density at radius 1 is 1.41 bits per heavy atom. The van der Waals surface area contributed by atoms with E-state index >= 15 is 0 Å². The van der Waals surface area contributed by atoms with E-state index in [0.29, 0.717) is 17.3 Å². The molecular weight excluding hydrogens is 212 g/mol. The third kappa shape index (κ3) is 2.43. The van der Waals surface area contributed by atoms with Gasteiger partial charge < -0.3 is 10.6 Å². The molecule has 3 nitrogen and oxygen atoms in total. The summed E-state index contributed by atoms with van der Waals surface area (Å²) in [6.07, 6.45) is 3.77. The second-order valence-electron chi connectivity index (χ2n) is 4.87. The average Bonchev–Trinajstić information content (AvgIpc) is 2.29. The van der Waals surface area contributed by atoms with Crippen LogP contribution in [-0.4, -0.2) is 18.4 Å². The molecule has 2 N–H and O–H groups in total. The van der Waals surface area contributed by atoms with E-state index in [1.807, 2.05) is 18.2 Å². The summed E-state index contributed by atoms with van der Waals surface area (Å²) in [5.41, 5.74) is 8.28. The van der Waals surface area contributed by atoms with E-state index in [2.05, 4.69) is 11.8 Å². The minimum Gasteiger partial charge on any atom is -0.398 e. The monoisotopic (exact) mass is 232 g/mol. The number of nitrogens with zero attached hydrogens (tertiary/aromatic N) is 1. The fraction of sp³-hybridized carbons (Fsp3) is 0.500. The summed E-state index contributed by atoms with van der Waals surface area (Å²) in [6.45, 7) is 4.88. The Bertz CT molecular complexity index is 428. The normalized spacial score (nSPS) is 20.4. The van der Waals surface area contributed by atoms with Crippen molar-refractivity contribution in [1.82, 2.24) is 0 Å². The van der Waals surface area contributed by atoms with Gasteiger partial charge in [-0.3, -0.25) is 4.79 Å². The number of piperidine rings is 1. The largest absolute Gasteiger partial charge is 0.398 e. The predicted molar refractivity (Wildman–Crippen MR) is 71.5 cm³/mol. The maximum absolute atomic E-state index is 11.3. The van der Waals surface area contributed by atoms with E-state index in [-0.39, 0.29) is 5.78 Å². The topological polar surface area (TPSA) is 46.3 Å². The van der Waals surface area contributed by atoms with Crippen LogP contribution in [-0.2, 0) is 0 Å². The van der Waals surface area contributed by atoms with Crippen LogP contribution >= 0.6 is 0 Å². The first-order valence-electron chi connectivity index (χ1n) is 6.26. The molecule has 0 spiro atoms. The molecule has 0 aliphatic carbocycles. The van der Waals surface area contributed by atoms with Gasteiger partial charge in [0.1, 0.15) is 0 Å². The molecule has 17 heavy (non-hydrogen) atoms. The number of anilines is 2. The van der Waals surface area contributed by atoms with Crippen molar-refractivity contribution in [2.45, 2.75) is 39.2 Å². The number of carbonyl (C=O) groups is 1.